The molecule has 1 aromatic carbocycles. The molecule has 3 rings (SSSR count). The van der Waals surface area contributed by atoms with Gasteiger partial charge in [-0.25, -0.2) is 9.80 Å². The highest BCUT2D eigenvalue weighted by atomic mass is 16.2. The normalized spacial score (nSPS) is 15.3. The summed E-state index contributed by atoms with van der Waals surface area (Å²) in [6.45, 7) is 6.84. The van der Waals surface area contributed by atoms with E-state index < -0.39 is 5.54 Å². The first kappa shape index (κ1) is 17.9. The first-order chi connectivity index (χ1) is 12.4. The van der Waals surface area contributed by atoms with Crippen molar-refractivity contribution < 1.29 is 9.59 Å². The maximum absolute atomic E-state index is 12.3. The molecule has 0 saturated heterocycles. The van der Waals surface area contributed by atoms with Crippen molar-refractivity contribution in [3.05, 3.63) is 47.2 Å². The molecule has 0 fully saturated rings. The van der Waals surface area contributed by atoms with E-state index in [4.69, 9.17) is 0 Å². The molecule has 0 bridgehead atoms. The van der Waals surface area contributed by atoms with Crippen molar-refractivity contribution in [1.82, 2.24) is 25.9 Å². The summed E-state index contributed by atoms with van der Waals surface area (Å²) in [6.07, 6.45) is 0.284. The Bertz CT molecular complexity index is 799. The summed E-state index contributed by atoms with van der Waals surface area (Å²) in [5.41, 5.74) is 5.09. The number of nitrogens with zero attached hydrogens (tertiary/aromatic N) is 2. The largest absolute Gasteiger partial charge is 0.337 e. The fraction of sp³-hybridized carbons (Fsp3) is 0.389. The third-order valence-corrected chi connectivity index (χ3v) is 4.51. The highest BCUT2D eigenvalue weighted by Gasteiger charge is 2.42. The van der Waals surface area contributed by atoms with Crippen LogP contribution in [0.5, 0.6) is 0 Å². The predicted octanol–water partition coefficient (Wildman–Crippen LogP) is 1.88. The minimum absolute atomic E-state index is 0.126. The van der Waals surface area contributed by atoms with Crippen LogP contribution in [0.25, 0.3) is 0 Å². The lowest BCUT2D eigenvalue weighted by molar-refractivity contribution is -0.115. The van der Waals surface area contributed by atoms with Crippen LogP contribution in [0, 0.1) is 0 Å². The van der Waals surface area contributed by atoms with Crippen LogP contribution in [0.1, 0.15) is 37.6 Å². The van der Waals surface area contributed by atoms with Gasteiger partial charge in [0.2, 0.25) is 5.91 Å². The smallest absolute Gasteiger partial charge is 0.329 e. The maximum Gasteiger partial charge on any atom is 0.329 e. The van der Waals surface area contributed by atoms with E-state index in [0.29, 0.717) is 18.9 Å². The molecule has 0 atom stereocenters. The number of carbonyl (C=O) groups excluding carboxylic acids is 2. The fourth-order valence-corrected chi connectivity index (χ4v) is 3.08. The molecule has 8 heteroatoms. The van der Waals surface area contributed by atoms with Gasteiger partial charge in [0, 0.05) is 18.7 Å². The lowest BCUT2D eigenvalue weighted by atomic mass is 10.0. The van der Waals surface area contributed by atoms with Gasteiger partial charge in [-0.15, -0.1) is 0 Å². The predicted molar refractivity (Wildman–Crippen MR) is 98.1 cm³/mol. The van der Waals surface area contributed by atoms with E-state index >= 15 is 0 Å². The minimum atomic E-state index is -0.462. The van der Waals surface area contributed by atoms with Crippen LogP contribution >= 0.6 is 0 Å². The molecule has 0 unspecified atom stereocenters. The molecule has 1 aromatic heterocycles. The monoisotopic (exact) mass is 356 g/mol. The second-order valence-electron chi connectivity index (χ2n) is 6.75. The molecule has 2 heterocycles. The summed E-state index contributed by atoms with van der Waals surface area (Å²) >= 11 is 0. The molecule has 2 aromatic rings. The van der Waals surface area contributed by atoms with E-state index in [9.17, 15) is 9.59 Å². The second kappa shape index (κ2) is 7.17. The number of aromatic amines is 1. The number of anilines is 1. The van der Waals surface area contributed by atoms with Crippen molar-refractivity contribution in [2.24, 2.45) is 0 Å². The Labute approximate surface area is 152 Å². The van der Waals surface area contributed by atoms with Crippen molar-refractivity contribution in [3.8, 4) is 0 Å². The number of hydrazine groups is 1. The van der Waals surface area contributed by atoms with E-state index in [1.165, 1.54) is 0 Å². The van der Waals surface area contributed by atoms with Gasteiger partial charge in [-0.3, -0.25) is 15.3 Å². The van der Waals surface area contributed by atoms with Crippen molar-refractivity contribution in [2.45, 2.75) is 39.3 Å². The van der Waals surface area contributed by atoms with Crippen LogP contribution < -0.4 is 16.1 Å². The number of amides is 3. The van der Waals surface area contributed by atoms with Gasteiger partial charge in [-0.2, -0.15) is 5.10 Å². The van der Waals surface area contributed by atoms with Gasteiger partial charge in [0.25, 0.3) is 0 Å². The number of aromatic nitrogens is 2. The molecular formula is C18H24N6O2. The van der Waals surface area contributed by atoms with E-state index in [0.717, 1.165) is 16.8 Å². The average molecular weight is 356 g/mol. The fourth-order valence-electron chi connectivity index (χ4n) is 3.08. The number of urea groups is 1. The molecule has 4 N–H and O–H groups in total. The van der Waals surface area contributed by atoms with Crippen LogP contribution in [-0.4, -0.2) is 33.7 Å². The van der Waals surface area contributed by atoms with Crippen molar-refractivity contribution in [2.75, 3.05) is 11.9 Å². The number of fused-ring (bicyclic) bond motifs is 1. The lowest BCUT2D eigenvalue weighted by Crippen LogP contribution is -2.51. The van der Waals surface area contributed by atoms with Gasteiger partial charge in [-0.05, 0) is 26.3 Å². The summed E-state index contributed by atoms with van der Waals surface area (Å²) in [6, 6.07) is 9.30. The Morgan fingerprint density at radius 2 is 2.00 bits per heavy atom. The van der Waals surface area contributed by atoms with Gasteiger partial charge in [-0.1, -0.05) is 30.3 Å². The lowest BCUT2D eigenvalue weighted by Gasteiger charge is -2.31. The van der Waals surface area contributed by atoms with Crippen molar-refractivity contribution >= 4 is 17.8 Å². The van der Waals surface area contributed by atoms with E-state index in [-0.39, 0.29) is 18.4 Å². The Kier molecular flexibility index (Phi) is 4.94. The number of carbonyl (C=O) groups is 2. The van der Waals surface area contributed by atoms with Crippen molar-refractivity contribution in [1.29, 1.82) is 0 Å². The summed E-state index contributed by atoms with van der Waals surface area (Å²) in [4.78, 5) is 24.2. The molecule has 1 aliphatic heterocycles. The zero-order valence-electron chi connectivity index (χ0n) is 15.2. The summed E-state index contributed by atoms with van der Waals surface area (Å²) in [5.74, 6) is 0.382. The molecule has 26 heavy (non-hydrogen) atoms. The van der Waals surface area contributed by atoms with Crippen LogP contribution in [0.4, 0.5) is 10.6 Å². The number of nitrogens with one attached hydrogen (secondary N) is 4. The van der Waals surface area contributed by atoms with Gasteiger partial charge in [0.15, 0.2) is 5.82 Å². The molecule has 3 amide bonds. The number of hydrogen-bond acceptors (Lipinski definition) is 4. The standard InChI is InChI=1S/C18H24N6O2/c1-4-19-17(26)23-24-11-13-15(18(24,2)3)21-22-16(13)20-14(25)10-12-8-6-5-7-9-12/h5-9H,4,10-11H2,1-3H3,(H2,19,23,26)(H2,20,21,22,25). The Morgan fingerprint density at radius 1 is 1.27 bits per heavy atom. The molecule has 0 spiro atoms. The molecule has 1 aliphatic rings. The van der Waals surface area contributed by atoms with Gasteiger partial charge in [0.05, 0.1) is 17.7 Å². The van der Waals surface area contributed by atoms with E-state index in [1.807, 2.05) is 56.1 Å². The van der Waals surface area contributed by atoms with Crippen LogP contribution in [0.2, 0.25) is 0 Å². The average Bonchev–Trinajstić information content (AvgIpc) is 3.08. The zero-order valence-corrected chi connectivity index (χ0v) is 15.2. The number of benzene rings is 1. The second-order valence-corrected chi connectivity index (χ2v) is 6.75. The number of hydrogen-bond donors (Lipinski definition) is 4. The SMILES string of the molecule is CCNC(=O)NN1Cc2c(NC(=O)Cc3ccccc3)n[nH]c2C1(C)C. The molecule has 0 saturated carbocycles. The Hall–Kier alpha value is -2.87. The first-order valence-electron chi connectivity index (χ1n) is 8.65. The van der Waals surface area contributed by atoms with Crippen LogP contribution in [0.15, 0.2) is 30.3 Å². The summed E-state index contributed by atoms with van der Waals surface area (Å²) in [5, 5.41) is 14.7. The quantitative estimate of drug-likeness (QED) is 0.657. The van der Waals surface area contributed by atoms with Crippen molar-refractivity contribution in [3.63, 3.8) is 0 Å². The summed E-state index contributed by atoms with van der Waals surface area (Å²) < 4.78 is 0. The molecule has 8 nitrogen and oxygen atoms in total. The third-order valence-electron chi connectivity index (χ3n) is 4.51. The minimum Gasteiger partial charge on any atom is -0.337 e. The highest BCUT2D eigenvalue weighted by molar-refractivity contribution is 5.92. The van der Waals surface area contributed by atoms with Crippen LogP contribution in [-0.2, 0) is 23.3 Å². The molecule has 138 valence electrons. The summed E-state index contributed by atoms with van der Waals surface area (Å²) in [7, 11) is 0. The Balaban J connectivity index is 1.70. The molecular weight excluding hydrogens is 332 g/mol. The van der Waals surface area contributed by atoms with E-state index in [1.54, 1.807) is 0 Å². The maximum atomic E-state index is 12.3. The Morgan fingerprint density at radius 3 is 2.69 bits per heavy atom. The molecule has 0 aliphatic carbocycles. The number of rotatable bonds is 5. The van der Waals surface area contributed by atoms with Gasteiger partial charge < -0.3 is 10.6 Å². The zero-order chi connectivity index (χ0) is 18.7. The molecule has 0 radical (unpaired) electrons. The first-order valence-corrected chi connectivity index (χ1v) is 8.65. The van der Waals surface area contributed by atoms with Gasteiger partial charge in [0.1, 0.15) is 0 Å². The topological polar surface area (TPSA) is 102 Å². The number of H-pyrrole nitrogens is 1. The third kappa shape index (κ3) is 3.55. The highest BCUT2D eigenvalue weighted by Crippen LogP contribution is 2.39. The van der Waals surface area contributed by atoms with E-state index in [2.05, 4.69) is 26.3 Å². The van der Waals surface area contributed by atoms with Crippen LogP contribution in [0.3, 0.4) is 0 Å². The van der Waals surface area contributed by atoms with Gasteiger partial charge >= 0.3 is 6.03 Å².